The Bertz CT molecular complexity index is 402. The molecule has 2 unspecified atom stereocenters. The number of rotatable bonds is 2. The normalized spacial score (nSPS) is 28.1. The fourth-order valence-corrected chi connectivity index (χ4v) is 2.80. The van der Waals surface area contributed by atoms with E-state index in [0.29, 0.717) is 12.0 Å². The molecule has 2 heterocycles. The molecule has 2 atom stereocenters. The summed E-state index contributed by atoms with van der Waals surface area (Å²) in [6.07, 6.45) is 6.59. The first-order valence-corrected chi connectivity index (χ1v) is 6.49. The Hall–Kier alpha value is -1.00. The number of hydrogen-bond acceptors (Lipinski definition) is 4. The molecule has 1 saturated heterocycles. The van der Waals surface area contributed by atoms with Crippen molar-refractivity contribution in [3.8, 4) is 0 Å². The quantitative estimate of drug-likeness (QED) is 0.842. The fraction of sp³-hybridized carbons (Fsp3) is 0.692. The average Bonchev–Trinajstić information content (AvgIpc) is 2.91. The van der Waals surface area contributed by atoms with Crippen molar-refractivity contribution in [3.63, 3.8) is 0 Å². The molecule has 0 bridgehead atoms. The molecule has 4 heteroatoms. The summed E-state index contributed by atoms with van der Waals surface area (Å²) in [5.74, 6) is 1.40. The van der Waals surface area contributed by atoms with Gasteiger partial charge >= 0.3 is 0 Å². The van der Waals surface area contributed by atoms with Gasteiger partial charge in [-0.05, 0) is 32.7 Å². The van der Waals surface area contributed by atoms with Crippen LogP contribution in [-0.2, 0) is 11.2 Å². The molecule has 0 aromatic carbocycles. The Morgan fingerprint density at radius 1 is 1.41 bits per heavy atom. The first kappa shape index (κ1) is 11.1. The third-order valence-electron chi connectivity index (χ3n) is 3.84. The Balaban J connectivity index is 1.90. The molecule has 0 radical (unpaired) electrons. The van der Waals surface area contributed by atoms with Gasteiger partial charge in [0.25, 0.3) is 0 Å². The molecule has 2 aliphatic rings. The van der Waals surface area contributed by atoms with Gasteiger partial charge in [0, 0.05) is 36.0 Å². The largest absolute Gasteiger partial charge is 0.381 e. The van der Waals surface area contributed by atoms with E-state index in [1.807, 2.05) is 13.2 Å². The molecule has 1 aromatic rings. The van der Waals surface area contributed by atoms with Crippen LogP contribution in [0, 0.1) is 0 Å². The van der Waals surface area contributed by atoms with Gasteiger partial charge in [-0.3, -0.25) is 0 Å². The number of ether oxygens (including phenoxy) is 1. The van der Waals surface area contributed by atoms with Crippen LogP contribution in [0.2, 0.25) is 0 Å². The molecule has 1 N–H and O–H groups in total. The highest BCUT2D eigenvalue weighted by Crippen LogP contribution is 2.29. The Labute approximate surface area is 102 Å². The van der Waals surface area contributed by atoms with Crippen molar-refractivity contribution in [2.75, 3.05) is 20.3 Å². The summed E-state index contributed by atoms with van der Waals surface area (Å²) < 4.78 is 5.41. The van der Waals surface area contributed by atoms with Crippen LogP contribution in [0.15, 0.2) is 6.20 Å². The van der Waals surface area contributed by atoms with Crippen LogP contribution in [0.1, 0.15) is 48.3 Å². The topological polar surface area (TPSA) is 47.0 Å². The molecule has 1 fully saturated rings. The molecule has 1 aliphatic heterocycles. The van der Waals surface area contributed by atoms with Crippen molar-refractivity contribution in [2.24, 2.45) is 0 Å². The number of aryl methyl sites for hydroxylation is 1. The maximum absolute atomic E-state index is 5.41. The van der Waals surface area contributed by atoms with E-state index in [0.717, 1.165) is 31.9 Å². The van der Waals surface area contributed by atoms with E-state index < -0.39 is 0 Å². The molecule has 1 aliphatic carbocycles. The van der Waals surface area contributed by atoms with Crippen molar-refractivity contribution in [1.82, 2.24) is 15.3 Å². The second-order valence-electron chi connectivity index (χ2n) is 4.92. The smallest absolute Gasteiger partial charge is 0.134 e. The maximum atomic E-state index is 5.41. The maximum Gasteiger partial charge on any atom is 0.134 e. The highest BCUT2D eigenvalue weighted by Gasteiger charge is 2.25. The molecular weight excluding hydrogens is 214 g/mol. The second kappa shape index (κ2) is 4.70. The molecule has 92 valence electrons. The van der Waals surface area contributed by atoms with Crippen molar-refractivity contribution in [1.29, 1.82) is 0 Å². The zero-order valence-corrected chi connectivity index (χ0v) is 10.3. The van der Waals surface area contributed by atoms with Gasteiger partial charge in [-0.1, -0.05) is 0 Å². The average molecular weight is 233 g/mol. The first-order valence-electron chi connectivity index (χ1n) is 6.49. The first-order chi connectivity index (χ1) is 8.38. The number of aromatic nitrogens is 2. The standard InChI is InChI=1S/C13H19N3O/c1-14-11-3-2-4-12-10(11)7-15-13(16-12)9-5-6-17-8-9/h7,9,11,14H,2-6,8H2,1H3. The lowest BCUT2D eigenvalue weighted by atomic mass is 9.92. The molecule has 0 amide bonds. The zero-order valence-electron chi connectivity index (χ0n) is 10.3. The minimum absolute atomic E-state index is 0.412. The number of fused-ring (bicyclic) bond motifs is 1. The van der Waals surface area contributed by atoms with Crippen molar-refractivity contribution >= 4 is 0 Å². The summed E-state index contributed by atoms with van der Waals surface area (Å²) in [7, 11) is 2.01. The number of nitrogens with zero attached hydrogens (tertiary/aromatic N) is 2. The molecule has 3 rings (SSSR count). The molecule has 1 aromatic heterocycles. The van der Waals surface area contributed by atoms with E-state index in [4.69, 9.17) is 9.72 Å². The molecule has 0 spiro atoms. The van der Waals surface area contributed by atoms with Crippen molar-refractivity contribution in [3.05, 3.63) is 23.3 Å². The van der Waals surface area contributed by atoms with E-state index in [9.17, 15) is 0 Å². The Morgan fingerprint density at radius 2 is 2.35 bits per heavy atom. The minimum atomic E-state index is 0.412. The van der Waals surface area contributed by atoms with E-state index >= 15 is 0 Å². The molecule has 4 nitrogen and oxygen atoms in total. The molecule has 0 saturated carbocycles. The van der Waals surface area contributed by atoms with Crippen LogP contribution in [0.3, 0.4) is 0 Å². The van der Waals surface area contributed by atoms with Gasteiger partial charge in [-0.25, -0.2) is 9.97 Å². The van der Waals surface area contributed by atoms with Gasteiger partial charge in [0.15, 0.2) is 0 Å². The Morgan fingerprint density at radius 3 is 3.12 bits per heavy atom. The zero-order chi connectivity index (χ0) is 11.7. The van der Waals surface area contributed by atoms with Crippen LogP contribution in [-0.4, -0.2) is 30.2 Å². The van der Waals surface area contributed by atoms with Gasteiger partial charge in [-0.15, -0.1) is 0 Å². The van der Waals surface area contributed by atoms with Gasteiger partial charge in [-0.2, -0.15) is 0 Å². The van der Waals surface area contributed by atoms with Crippen LogP contribution in [0.4, 0.5) is 0 Å². The van der Waals surface area contributed by atoms with Gasteiger partial charge in [0.2, 0.25) is 0 Å². The minimum Gasteiger partial charge on any atom is -0.381 e. The van der Waals surface area contributed by atoms with E-state index in [2.05, 4.69) is 10.3 Å². The van der Waals surface area contributed by atoms with E-state index in [-0.39, 0.29) is 0 Å². The lowest BCUT2D eigenvalue weighted by molar-refractivity contribution is 0.193. The number of hydrogen-bond donors (Lipinski definition) is 1. The van der Waals surface area contributed by atoms with Crippen molar-refractivity contribution < 1.29 is 4.74 Å². The van der Waals surface area contributed by atoms with E-state index in [1.165, 1.54) is 24.1 Å². The summed E-state index contributed by atoms with van der Waals surface area (Å²) in [4.78, 5) is 9.30. The Kier molecular flexibility index (Phi) is 3.07. The third-order valence-corrected chi connectivity index (χ3v) is 3.84. The third kappa shape index (κ3) is 2.07. The SMILES string of the molecule is CNC1CCCc2nc(C3CCOC3)ncc21. The lowest BCUT2D eigenvalue weighted by Crippen LogP contribution is -2.23. The second-order valence-corrected chi connectivity index (χ2v) is 4.92. The summed E-state index contributed by atoms with van der Waals surface area (Å²) >= 11 is 0. The van der Waals surface area contributed by atoms with Crippen LogP contribution in [0.25, 0.3) is 0 Å². The van der Waals surface area contributed by atoms with Crippen LogP contribution < -0.4 is 5.32 Å². The summed E-state index contributed by atoms with van der Waals surface area (Å²) in [6.45, 7) is 1.64. The number of nitrogens with one attached hydrogen (secondary N) is 1. The van der Waals surface area contributed by atoms with Gasteiger partial charge in [0.05, 0.1) is 6.61 Å². The summed E-state index contributed by atoms with van der Waals surface area (Å²) in [5, 5.41) is 3.34. The van der Waals surface area contributed by atoms with E-state index in [1.54, 1.807) is 0 Å². The molecular formula is C13H19N3O. The van der Waals surface area contributed by atoms with Gasteiger partial charge in [0.1, 0.15) is 5.82 Å². The van der Waals surface area contributed by atoms with Crippen LogP contribution in [0.5, 0.6) is 0 Å². The summed E-state index contributed by atoms with van der Waals surface area (Å²) in [6, 6.07) is 0.438. The summed E-state index contributed by atoms with van der Waals surface area (Å²) in [5.41, 5.74) is 2.54. The fourth-order valence-electron chi connectivity index (χ4n) is 2.80. The predicted octanol–water partition coefficient (Wildman–Crippen LogP) is 1.58. The predicted molar refractivity (Wildman–Crippen MR) is 64.9 cm³/mol. The lowest BCUT2D eigenvalue weighted by Gasteiger charge is -2.24. The van der Waals surface area contributed by atoms with Gasteiger partial charge < -0.3 is 10.1 Å². The van der Waals surface area contributed by atoms with Crippen LogP contribution >= 0.6 is 0 Å². The van der Waals surface area contributed by atoms with Crippen molar-refractivity contribution in [2.45, 2.75) is 37.6 Å². The molecule has 17 heavy (non-hydrogen) atoms. The monoisotopic (exact) mass is 233 g/mol. The highest BCUT2D eigenvalue weighted by atomic mass is 16.5. The highest BCUT2D eigenvalue weighted by molar-refractivity contribution is 5.25.